The number of carbonyl (C=O) groups excluding carboxylic acids is 2. The molecule has 0 heterocycles. The van der Waals surface area contributed by atoms with E-state index < -0.39 is 11.9 Å². The van der Waals surface area contributed by atoms with Gasteiger partial charge in [0.25, 0.3) is 0 Å². The van der Waals surface area contributed by atoms with Crippen LogP contribution in [-0.2, 0) is 0 Å². The molecule has 5 nitrogen and oxygen atoms in total. The van der Waals surface area contributed by atoms with Crippen LogP contribution in [0.1, 0.15) is 31.8 Å². The van der Waals surface area contributed by atoms with Crippen LogP contribution in [0.25, 0.3) is 0 Å². The molecule has 142 valence electrons. The van der Waals surface area contributed by atoms with E-state index in [1.807, 2.05) is 26.0 Å². The molecule has 0 saturated heterocycles. The van der Waals surface area contributed by atoms with Gasteiger partial charge in [0.05, 0.1) is 18.2 Å². The molecule has 0 atom stereocenters. The first-order valence-electron chi connectivity index (χ1n) is 8.72. The van der Waals surface area contributed by atoms with E-state index in [2.05, 4.69) is 0 Å². The van der Waals surface area contributed by atoms with E-state index in [0.717, 1.165) is 11.1 Å². The molecular formula is C23H20O5. The number of ether oxygens (including phenoxy) is 3. The predicted molar refractivity (Wildman–Crippen MR) is 105 cm³/mol. The number of hydrogen-bond donors (Lipinski definition) is 0. The number of methoxy groups -OCH3 is 1. The van der Waals surface area contributed by atoms with Gasteiger partial charge in [-0.15, -0.1) is 0 Å². The van der Waals surface area contributed by atoms with E-state index in [4.69, 9.17) is 14.2 Å². The van der Waals surface area contributed by atoms with Crippen LogP contribution in [0.4, 0.5) is 0 Å². The van der Waals surface area contributed by atoms with E-state index >= 15 is 0 Å². The highest BCUT2D eigenvalue weighted by Crippen LogP contribution is 2.21. The van der Waals surface area contributed by atoms with Gasteiger partial charge in [0, 0.05) is 0 Å². The Morgan fingerprint density at radius 1 is 0.679 bits per heavy atom. The van der Waals surface area contributed by atoms with Crippen LogP contribution in [0.5, 0.6) is 17.2 Å². The number of benzene rings is 3. The second-order valence-electron chi connectivity index (χ2n) is 6.30. The zero-order valence-corrected chi connectivity index (χ0v) is 15.9. The Morgan fingerprint density at radius 2 is 1.21 bits per heavy atom. The molecule has 28 heavy (non-hydrogen) atoms. The summed E-state index contributed by atoms with van der Waals surface area (Å²) in [7, 11) is 1.56. The first-order valence-corrected chi connectivity index (χ1v) is 8.72. The summed E-state index contributed by atoms with van der Waals surface area (Å²) in [6, 6.07) is 18.4. The second-order valence-corrected chi connectivity index (χ2v) is 6.30. The molecule has 0 saturated carbocycles. The molecule has 0 bridgehead atoms. The molecule has 5 heteroatoms. The van der Waals surface area contributed by atoms with Gasteiger partial charge in [-0.1, -0.05) is 17.7 Å². The molecule has 0 aliphatic heterocycles. The fourth-order valence-corrected chi connectivity index (χ4v) is 2.62. The Bertz CT molecular complexity index is 989. The van der Waals surface area contributed by atoms with Crippen molar-refractivity contribution in [1.82, 2.24) is 0 Å². The minimum Gasteiger partial charge on any atom is -0.497 e. The van der Waals surface area contributed by atoms with Crippen molar-refractivity contribution >= 4 is 11.9 Å². The van der Waals surface area contributed by atoms with Gasteiger partial charge in [0.1, 0.15) is 17.2 Å². The molecule has 0 fully saturated rings. The molecule has 0 spiro atoms. The standard InChI is InChI=1S/C23H20O5/c1-15-4-13-21(16(2)14-15)28-23(25)18-7-11-20(12-8-18)27-22(24)17-5-9-19(26-3)10-6-17/h4-14H,1-3H3. The summed E-state index contributed by atoms with van der Waals surface area (Å²) >= 11 is 0. The average molecular weight is 376 g/mol. The highest BCUT2D eigenvalue weighted by atomic mass is 16.5. The monoisotopic (exact) mass is 376 g/mol. The summed E-state index contributed by atoms with van der Waals surface area (Å²) in [5, 5.41) is 0. The summed E-state index contributed by atoms with van der Waals surface area (Å²) in [6.07, 6.45) is 0. The maximum absolute atomic E-state index is 12.3. The van der Waals surface area contributed by atoms with Crippen LogP contribution in [0.2, 0.25) is 0 Å². The van der Waals surface area contributed by atoms with Gasteiger partial charge in [-0.2, -0.15) is 0 Å². The normalized spacial score (nSPS) is 10.2. The van der Waals surface area contributed by atoms with Crippen molar-refractivity contribution < 1.29 is 23.8 Å². The molecule has 3 aromatic carbocycles. The summed E-state index contributed by atoms with van der Waals surface area (Å²) in [6.45, 7) is 3.86. The number of esters is 2. The molecule has 0 aromatic heterocycles. The van der Waals surface area contributed by atoms with Crippen molar-refractivity contribution in [2.75, 3.05) is 7.11 Å². The molecule has 0 radical (unpaired) electrons. The number of carbonyl (C=O) groups is 2. The Labute approximate surface area is 163 Å². The van der Waals surface area contributed by atoms with Crippen molar-refractivity contribution in [1.29, 1.82) is 0 Å². The van der Waals surface area contributed by atoms with Crippen LogP contribution in [0.3, 0.4) is 0 Å². The lowest BCUT2D eigenvalue weighted by atomic mass is 10.1. The first kappa shape index (κ1) is 19.2. The third-order valence-electron chi connectivity index (χ3n) is 4.16. The minimum atomic E-state index is -0.492. The topological polar surface area (TPSA) is 61.8 Å². The zero-order chi connectivity index (χ0) is 20.1. The molecule has 0 N–H and O–H groups in total. The van der Waals surface area contributed by atoms with E-state index in [-0.39, 0.29) is 0 Å². The summed E-state index contributed by atoms with van der Waals surface area (Å²) in [4.78, 5) is 24.5. The fraction of sp³-hybridized carbons (Fsp3) is 0.130. The molecule has 3 aromatic rings. The van der Waals surface area contributed by atoms with Gasteiger partial charge < -0.3 is 14.2 Å². The van der Waals surface area contributed by atoms with Gasteiger partial charge in [-0.3, -0.25) is 0 Å². The third-order valence-corrected chi connectivity index (χ3v) is 4.16. The van der Waals surface area contributed by atoms with E-state index in [9.17, 15) is 9.59 Å². The Hall–Kier alpha value is -3.60. The molecule has 0 unspecified atom stereocenters. The molecule has 0 aliphatic carbocycles. The van der Waals surface area contributed by atoms with E-state index in [1.165, 1.54) is 0 Å². The van der Waals surface area contributed by atoms with Gasteiger partial charge in [0.2, 0.25) is 0 Å². The van der Waals surface area contributed by atoms with Gasteiger partial charge in [-0.25, -0.2) is 9.59 Å². The van der Waals surface area contributed by atoms with Crippen molar-refractivity contribution in [3.8, 4) is 17.2 Å². The van der Waals surface area contributed by atoms with Crippen molar-refractivity contribution in [2.24, 2.45) is 0 Å². The highest BCUT2D eigenvalue weighted by molar-refractivity contribution is 5.92. The van der Waals surface area contributed by atoms with Gasteiger partial charge in [0.15, 0.2) is 0 Å². The van der Waals surface area contributed by atoms with Crippen LogP contribution in [0, 0.1) is 13.8 Å². The second kappa shape index (κ2) is 8.39. The molecule has 3 rings (SSSR count). The third kappa shape index (κ3) is 4.57. The summed E-state index contributed by atoms with van der Waals surface area (Å²) in [5.74, 6) is 0.547. The average Bonchev–Trinajstić information content (AvgIpc) is 2.70. The lowest BCUT2D eigenvalue weighted by Gasteiger charge is -2.09. The van der Waals surface area contributed by atoms with Crippen LogP contribution in [-0.4, -0.2) is 19.0 Å². The smallest absolute Gasteiger partial charge is 0.343 e. The van der Waals surface area contributed by atoms with Gasteiger partial charge in [-0.05, 0) is 74.0 Å². The number of aryl methyl sites for hydroxylation is 2. The quantitative estimate of drug-likeness (QED) is 0.475. The number of rotatable bonds is 5. The Balaban J connectivity index is 1.65. The van der Waals surface area contributed by atoms with Crippen LogP contribution in [0.15, 0.2) is 66.7 Å². The lowest BCUT2D eigenvalue weighted by molar-refractivity contribution is 0.0729. The maximum atomic E-state index is 12.3. The predicted octanol–water partition coefficient (Wildman–Crippen LogP) is 4.75. The molecule has 0 amide bonds. The van der Waals surface area contributed by atoms with Crippen LogP contribution >= 0.6 is 0 Å². The first-order chi connectivity index (χ1) is 13.5. The highest BCUT2D eigenvalue weighted by Gasteiger charge is 2.12. The zero-order valence-electron chi connectivity index (χ0n) is 15.9. The minimum absolute atomic E-state index is 0.337. The van der Waals surface area contributed by atoms with Crippen LogP contribution < -0.4 is 14.2 Å². The largest absolute Gasteiger partial charge is 0.497 e. The molecule has 0 aliphatic rings. The summed E-state index contributed by atoms with van der Waals surface area (Å²) in [5.41, 5.74) is 2.75. The summed E-state index contributed by atoms with van der Waals surface area (Å²) < 4.78 is 15.8. The fourth-order valence-electron chi connectivity index (χ4n) is 2.62. The SMILES string of the molecule is COc1ccc(C(=O)Oc2ccc(C(=O)Oc3ccc(C)cc3C)cc2)cc1. The van der Waals surface area contributed by atoms with Crippen molar-refractivity contribution in [3.63, 3.8) is 0 Å². The Morgan fingerprint density at radius 3 is 1.75 bits per heavy atom. The van der Waals surface area contributed by atoms with Crippen molar-refractivity contribution in [3.05, 3.63) is 89.0 Å². The van der Waals surface area contributed by atoms with Crippen molar-refractivity contribution in [2.45, 2.75) is 13.8 Å². The Kier molecular flexibility index (Phi) is 5.75. The molecular weight excluding hydrogens is 356 g/mol. The van der Waals surface area contributed by atoms with E-state index in [1.54, 1.807) is 61.7 Å². The lowest BCUT2D eigenvalue weighted by Crippen LogP contribution is -2.10. The maximum Gasteiger partial charge on any atom is 0.343 e. The van der Waals surface area contributed by atoms with Gasteiger partial charge >= 0.3 is 11.9 Å². The number of hydrogen-bond acceptors (Lipinski definition) is 5. The van der Waals surface area contributed by atoms with E-state index in [0.29, 0.717) is 28.4 Å².